The van der Waals surface area contributed by atoms with Crippen LogP contribution in [0.25, 0.3) is 0 Å². The van der Waals surface area contributed by atoms with E-state index >= 15 is 0 Å². The minimum absolute atomic E-state index is 0.143. The van der Waals surface area contributed by atoms with Crippen molar-refractivity contribution in [2.75, 3.05) is 39.8 Å². The number of carbonyl (C=O) groups excluding carboxylic acids is 1. The second-order valence-electron chi connectivity index (χ2n) is 6.70. The van der Waals surface area contributed by atoms with Gasteiger partial charge in [-0.05, 0) is 57.4 Å². The summed E-state index contributed by atoms with van der Waals surface area (Å²) in [4.78, 5) is 17.6. The predicted molar refractivity (Wildman–Crippen MR) is 100.0 cm³/mol. The van der Waals surface area contributed by atoms with Crippen molar-refractivity contribution in [1.29, 1.82) is 0 Å². The van der Waals surface area contributed by atoms with E-state index in [0.717, 1.165) is 57.0 Å². The monoisotopic (exact) mass is 331 g/mol. The van der Waals surface area contributed by atoms with E-state index in [9.17, 15) is 4.79 Å². The van der Waals surface area contributed by atoms with Gasteiger partial charge in [-0.25, -0.2) is 0 Å². The fourth-order valence-electron chi connectivity index (χ4n) is 3.70. The number of hydrogen-bond acceptors (Lipinski definition) is 3. The van der Waals surface area contributed by atoms with Gasteiger partial charge >= 0.3 is 0 Å². The molecule has 1 atom stereocenters. The Balaban J connectivity index is 2.06. The molecule has 1 heterocycles. The second-order valence-corrected chi connectivity index (χ2v) is 6.70. The summed E-state index contributed by atoms with van der Waals surface area (Å²) in [7, 11) is 2.01. The molecule has 0 spiro atoms. The van der Waals surface area contributed by atoms with Gasteiger partial charge in [0.15, 0.2) is 0 Å². The highest BCUT2D eigenvalue weighted by Crippen LogP contribution is 2.27. The summed E-state index contributed by atoms with van der Waals surface area (Å²) in [6, 6.07) is 10.1. The molecule has 134 valence electrons. The van der Waals surface area contributed by atoms with Crippen molar-refractivity contribution in [2.24, 2.45) is 5.92 Å². The number of carbonyl (C=O) groups is 1. The summed E-state index contributed by atoms with van der Waals surface area (Å²) in [5, 5.41) is 3.23. The number of likely N-dealkylation sites (tertiary alicyclic amines) is 1. The lowest BCUT2D eigenvalue weighted by molar-refractivity contribution is -0.138. The molecule has 1 N–H and O–H groups in total. The van der Waals surface area contributed by atoms with E-state index in [1.165, 1.54) is 6.42 Å². The molecule has 0 saturated carbocycles. The van der Waals surface area contributed by atoms with Crippen LogP contribution in [0.5, 0.6) is 0 Å². The van der Waals surface area contributed by atoms with Gasteiger partial charge in [0.25, 0.3) is 0 Å². The molecule has 1 fully saturated rings. The van der Waals surface area contributed by atoms with E-state index in [1.54, 1.807) is 0 Å². The number of piperidine rings is 1. The van der Waals surface area contributed by atoms with E-state index < -0.39 is 0 Å². The lowest BCUT2D eigenvalue weighted by Crippen LogP contribution is -2.46. The van der Waals surface area contributed by atoms with Gasteiger partial charge in [0.05, 0.1) is 0 Å². The Morgan fingerprint density at radius 2 is 1.83 bits per heavy atom. The van der Waals surface area contributed by atoms with Gasteiger partial charge in [0.1, 0.15) is 6.04 Å². The standard InChI is InChI=1S/C20H33N3O/c1-4-22(5-2)19(18-9-7-6-8-10-18)20(24)23-15-12-17(13-16-23)11-14-21-3/h6-10,17,19,21H,4-5,11-16H2,1-3H3. The van der Waals surface area contributed by atoms with Gasteiger partial charge in [-0.2, -0.15) is 0 Å². The SMILES string of the molecule is CCN(CC)C(C(=O)N1CCC(CCNC)CC1)c1ccccc1. The normalized spacial score (nSPS) is 17.2. The first-order valence-electron chi connectivity index (χ1n) is 9.43. The number of nitrogens with one attached hydrogen (secondary N) is 1. The van der Waals surface area contributed by atoms with Gasteiger partial charge in [-0.1, -0.05) is 44.2 Å². The minimum Gasteiger partial charge on any atom is -0.341 e. The van der Waals surface area contributed by atoms with Crippen LogP contribution in [0, 0.1) is 5.92 Å². The molecule has 2 rings (SSSR count). The molecule has 1 saturated heterocycles. The number of likely N-dealkylation sites (N-methyl/N-ethyl adjacent to an activating group) is 1. The highest BCUT2D eigenvalue weighted by Gasteiger charge is 2.31. The molecular formula is C20H33N3O. The van der Waals surface area contributed by atoms with Crippen LogP contribution in [0.4, 0.5) is 0 Å². The molecule has 1 aliphatic heterocycles. The van der Waals surface area contributed by atoms with Crippen molar-refractivity contribution in [3.05, 3.63) is 35.9 Å². The number of benzene rings is 1. The zero-order valence-corrected chi connectivity index (χ0v) is 15.5. The molecule has 1 aromatic carbocycles. The highest BCUT2D eigenvalue weighted by atomic mass is 16.2. The Morgan fingerprint density at radius 1 is 1.21 bits per heavy atom. The molecule has 1 amide bonds. The van der Waals surface area contributed by atoms with Crippen molar-refractivity contribution < 1.29 is 4.79 Å². The molecular weight excluding hydrogens is 298 g/mol. The molecule has 0 aromatic heterocycles. The maximum atomic E-state index is 13.3. The molecule has 4 nitrogen and oxygen atoms in total. The summed E-state index contributed by atoms with van der Waals surface area (Å²) >= 11 is 0. The summed E-state index contributed by atoms with van der Waals surface area (Å²) < 4.78 is 0. The number of amides is 1. The van der Waals surface area contributed by atoms with Crippen molar-refractivity contribution in [2.45, 2.75) is 39.2 Å². The lowest BCUT2D eigenvalue weighted by atomic mass is 9.92. The Kier molecular flexibility index (Phi) is 7.73. The number of hydrogen-bond donors (Lipinski definition) is 1. The Morgan fingerprint density at radius 3 is 2.38 bits per heavy atom. The number of rotatable bonds is 8. The Hall–Kier alpha value is -1.39. The van der Waals surface area contributed by atoms with Crippen LogP contribution >= 0.6 is 0 Å². The van der Waals surface area contributed by atoms with Crippen LogP contribution in [0.1, 0.15) is 44.7 Å². The van der Waals surface area contributed by atoms with Crippen LogP contribution < -0.4 is 5.32 Å². The maximum absolute atomic E-state index is 13.3. The number of nitrogens with zero attached hydrogens (tertiary/aromatic N) is 2. The second kappa shape index (κ2) is 9.80. The first-order valence-corrected chi connectivity index (χ1v) is 9.43. The molecule has 24 heavy (non-hydrogen) atoms. The van der Waals surface area contributed by atoms with E-state index in [-0.39, 0.29) is 11.9 Å². The zero-order valence-electron chi connectivity index (χ0n) is 15.5. The van der Waals surface area contributed by atoms with Crippen LogP contribution in [-0.2, 0) is 4.79 Å². The largest absolute Gasteiger partial charge is 0.341 e. The Labute approximate surface area is 147 Å². The molecule has 1 aromatic rings. The Bertz CT molecular complexity index is 479. The summed E-state index contributed by atoms with van der Waals surface area (Å²) in [5.41, 5.74) is 1.11. The fourth-order valence-corrected chi connectivity index (χ4v) is 3.70. The quantitative estimate of drug-likeness (QED) is 0.795. The van der Waals surface area contributed by atoms with Gasteiger partial charge in [-0.15, -0.1) is 0 Å². The third-order valence-corrected chi connectivity index (χ3v) is 5.26. The average Bonchev–Trinajstić information content (AvgIpc) is 2.65. The van der Waals surface area contributed by atoms with Crippen molar-refractivity contribution in [3.63, 3.8) is 0 Å². The summed E-state index contributed by atoms with van der Waals surface area (Å²) in [6.45, 7) is 8.93. The maximum Gasteiger partial charge on any atom is 0.244 e. The van der Waals surface area contributed by atoms with Crippen molar-refractivity contribution in [3.8, 4) is 0 Å². The van der Waals surface area contributed by atoms with Crippen LogP contribution in [-0.4, -0.2) is 55.5 Å². The predicted octanol–water partition coefficient (Wildman–Crippen LogP) is 2.92. The molecule has 1 unspecified atom stereocenters. The third kappa shape index (κ3) is 4.81. The van der Waals surface area contributed by atoms with E-state index in [2.05, 4.69) is 41.1 Å². The highest BCUT2D eigenvalue weighted by molar-refractivity contribution is 5.83. The van der Waals surface area contributed by atoms with E-state index in [4.69, 9.17) is 0 Å². The summed E-state index contributed by atoms with van der Waals surface area (Å²) in [6.07, 6.45) is 3.48. The van der Waals surface area contributed by atoms with E-state index in [1.807, 2.05) is 25.2 Å². The van der Waals surface area contributed by atoms with Crippen LogP contribution in [0.3, 0.4) is 0 Å². The van der Waals surface area contributed by atoms with Gasteiger partial charge in [-0.3, -0.25) is 9.69 Å². The third-order valence-electron chi connectivity index (χ3n) is 5.26. The lowest BCUT2D eigenvalue weighted by Gasteiger charge is -2.37. The smallest absolute Gasteiger partial charge is 0.244 e. The topological polar surface area (TPSA) is 35.6 Å². The molecule has 1 aliphatic rings. The van der Waals surface area contributed by atoms with Crippen LogP contribution in [0.15, 0.2) is 30.3 Å². The summed E-state index contributed by atoms with van der Waals surface area (Å²) in [5.74, 6) is 1.03. The van der Waals surface area contributed by atoms with Gasteiger partial charge < -0.3 is 10.2 Å². The van der Waals surface area contributed by atoms with Crippen molar-refractivity contribution in [1.82, 2.24) is 15.1 Å². The van der Waals surface area contributed by atoms with Crippen LogP contribution in [0.2, 0.25) is 0 Å². The van der Waals surface area contributed by atoms with Gasteiger partial charge in [0, 0.05) is 13.1 Å². The molecule has 0 radical (unpaired) electrons. The fraction of sp³-hybridized carbons (Fsp3) is 0.650. The molecule has 4 heteroatoms. The first kappa shape index (κ1) is 18.9. The van der Waals surface area contributed by atoms with E-state index in [0.29, 0.717) is 0 Å². The average molecular weight is 332 g/mol. The minimum atomic E-state index is -0.143. The first-order chi connectivity index (χ1) is 11.7. The van der Waals surface area contributed by atoms with Crippen molar-refractivity contribution >= 4 is 5.91 Å². The zero-order chi connectivity index (χ0) is 17.4. The van der Waals surface area contributed by atoms with Gasteiger partial charge in [0.2, 0.25) is 5.91 Å². The molecule has 0 bridgehead atoms. The molecule has 0 aliphatic carbocycles.